The predicted molar refractivity (Wildman–Crippen MR) is 130 cm³/mol. The average Bonchev–Trinajstić information content (AvgIpc) is 2.88. The quantitative estimate of drug-likeness (QED) is 0.382. The van der Waals surface area contributed by atoms with E-state index in [0.29, 0.717) is 6.42 Å². The highest BCUT2D eigenvalue weighted by atomic mass is 16.5. The lowest BCUT2D eigenvalue weighted by Gasteiger charge is -2.29. The van der Waals surface area contributed by atoms with Crippen LogP contribution in [0.25, 0.3) is 0 Å². The van der Waals surface area contributed by atoms with Crippen LogP contribution in [0.1, 0.15) is 16.7 Å². The zero-order valence-electron chi connectivity index (χ0n) is 18.8. The zero-order chi connectivity index (χ0) is 24.2. The maximum absolute atomic E-state index is 12.5. The van der Waals surface area contributed by atoms with Crippen LogP contribution in [0, 0.1) is 5.41 Å². The molecule has 0 saturated carbocycles. The van der Waals surface area contributed by atoms with Gasteiger partial charge in [0.05, 0.1) is 18.4 Å². The Bertz CT molecular complexity index is 1050. The zero-order valence-corrected chi connectivity index (χ0v) is 18.8. The van der Waals surface area contributed by atoms with Crippen LogP contribution in [0.2, 0.25) is 0 Å². The van der Waals surface area contributed by atoms with Gasteiger partial charge in [-0.05, 0) is 23.1 Å². The van der Waals surface area contributed by atoms with Gasteiger partial charge >= 0.3 is 6.09 Å². The Morgan fingerprint density at radius 1 is 0.882 bits per heavy atom. The Hall–Kier alpha value is -3.97. The van der Waals surface area contributed by atoms with Crippen LogP contribution in [0.5, 0.6) is 0 Å². The third-order valence-corrected chi connectivity index (χ3v) is 5.34. The number of hydrogen-bond donors (Lipinski definition) is 3. The van der Waals surface area contributed by atoms with Crippen LogP contribution >= 0.6 is 0 Å². The van der Waals surface area contributed by atoms with Crippen molar-refractivity contribution in [1.82, 2.24) is 10.2 Å². The number of benzene rings is 3. The van der Waals surface area contributed by atoms with Gasteiger partial charge in [-0.1, -0.05) is 91.0 Å². The summed E-state index contributed by atoms with van der Waals surface area (Å²) in [5.41, 5.74) is 2.64. The van der Waals surface area contributed by atoms with Crippen LogP contribution in [0.15, 0.2) is 91.0 Å². The van der Waals surface area contributed by atoms with E-state index in [1.807, 2.05) is 91.0 Å². The van der Waals surface area contributed by atoms with Gasteiger partial charge in [0.15, 0.2) is 0 Å². The minimum absolute atomic E-state index is 0.0560. The molecule has 0 aliphatic rings. The molecule has 0 radical (unpaired) electrons. The second-order valence-electron chi connectivity index (χ2n) is 7.92. The van der Waals surface area contributed by atoms with Gasteiger partial charge in [-0.15, -0.1) is 0 Å². The summed E-state index contributed by atoms with van der Waals surface area (Å²) in [6, 6.07) is 27.4. The first-order chi connectivity index (χ1) is 16.5. The second-order valence-corrected chi connectivity index (χ2v) is 7.92. The summed E-state index contributed by atoms with van der Waals surface area (Å²) < 4.78 is 5.34. The summed E-state index contributed by atoms with van der Waals surface area (Å²) in [6.45, 7) is 0.287. The van der Waals surface area contributed by atoms with E-state index in [-0.39, 0.29) is 19.7 Å². The van der Waals surface area contributed by atoms with Gasteiger partial charge in [0, 0.05) is 13.1 Å². The van der Waals surface area contributed by atoms with E-state index in [4.69, 9.17) is 10.1 Å². The van der Waals surface area contributed by atoms with Crippen molar-refractivity contribution in [2.75, 3.05) is 6.54 Å². The van der Waals surface area contributed by atoms with Crippen LogP contribution < -0.4 is 5.32 Å². The molecule has 0 spiro atoms. The molecule has 3 rings (SSSR count). The number of aliphatic hydroxyl groups is 1. The molecular weight excluding hydrogens is 430 g/mol. The molecule has 0 heterocycles. The first kappa shape index (κ1) is 24.7. The molecule has 0 saturated heterocycles. The number of carbonyl (C=O) groups excluding carboxylic acids is 2. The van der Waals surface area contributed by atoms with E-state index >= 15 is 0 Å². The molecule has 0 fully saturated rings. The molecule has 7 heteroatoms. The lowest BCUT2D eigenvalue weighted by atomic mass is 10.0. The molecule has 0 aliphatic heterocycles. The fraction of sp³-hybridized carbons (Fsp3) is 0.222. The first-order valence-corrected chi connectivity index (χ1v) is 11.1. The number of rotatable bonds is 11. The summed E-state index contributed by atoms with van der Waals surface area (Å²) in [6.07, 6.45) is -0.669. The third-order valence-electron chi connectivity index (χ3n) is 5.34. The van der Waals surface area contributed by atoms with Crippen molar-refractivity contribution in [2.24, 2.45) is 0 Å². The van der Waals surface area contributed by atoms with Crippen molar-refractivity contribution < 1.29 is 19.4 Å². The Kier molecular flexibility index (Phi) is 9.37. The summed E-state index contributed by atoms with van der Waals surface area (Å²) in [5, 5.41) is 21.2. The number of aliphatic hydroxyl groups excluding tert-OH is 1. The number of carbonyl (C=O) groups is 2. The van der Waals surface area contributed by atoms with Crippen molar-refractivity contribution in [3.63, 3.8) is 0 Å². The van der Waals surface area contributed by atoms with Crippen LogP contribution in [0.4, 0.5) is 4.79 Å². The Morgan fingerprint density at radius 2 is 1.41 bits per heavy atom. The van der Waals surface area contributed by atoms with E-state index in [0.717, 1.165) is 22.9 Å². The molecule has 2 unspecified atom stereocenters. The number of nitrogens with one attached hydrogen (secondary N) is 2. The molecule has 176 valence electrons. The van der Waals surface area contributed by atoms with Crippen molar-refractivity contribution in [2.45, 2.75) is 31.7 Å². The molecule has 3 N–H and O–H groups in total. The molecule has 0 bridgehead atoms. The minimum atomic E-state index is -1.09. The van der Waals surface area contributed by atoms with Gasteiger partial charge < -0.3 is 25.5 Å². The summed E-state index contributed by atoms with van der Waals surface area (Å²) in [5.74, 6) is -0.520. The summed E-state index contributed by atoms with van der Waals surface area (Å²) in [4.78, 5) is 26.3. The SMILES string of the molecule is N=CC(=O)N(Cc1ccccc1)CC(O)C(Cc1ccccc1)NC(=O)OCc1ccccc1. The van der Waals surface area contributed by atoms with Crippen molar-refractivity contribution in [3.8, 4) is 0 Å². The first-order valence-electron chi connectivity index (χ1n) is 11.1. The van der Waals surface area contributed by atoms with Gasteiger partial charge in [-0.2, -0.15) is 0 Å². The number of nitrogens with zero attached hydrogens (tertiary/aromatic N) is 1. The van der Waals surface area contributed by atoms with Crippen LogP contribution in [-0.4, -0.2) is 46.9 Å². The van der Waals surface area contributed by atoms with Gasteiger partial charge in [0.1, 0.15) is 6.61 Å². The van der Waals surface area contributed by atoms with Gasteiger partial charge in [0.25, 0.3) is 5.91 Å². The smallest absolute Gasteiger partial charge is 0.407 e. The highest BCUT2D eigenvalue weighted by Gasteiger charge is 2.26. The fourth-order valence-electron chi connectivity index (χ4n) is 3.55. The van der Waals surface area contributed by atoms with Crippen LogP contribution in [-0.2, 0) is 29.1 Å². The molecule has 0 aromatic heterocycles. The molecule has 3 aromatic rings. The largest absolute Gasteiger partial charge is 0.445 e. The second kappa shape index (κ2) is 12.9. The third kappa shape index (κ3) is 7.86. The number of amides is 2. The van der Waals surface area contributed by atoms with Gasteiger partial charge in [-0.25, -0.2) is 4.79 Å². The normalized spacial score (nSPS) is 12.3. The van der Waals surface area contributed by atoms with E-state index in [1.54, 1.807) is 0 Å². The Labute approximate surface area is 199 Å². The van der Waals surface area contributed by atoms with Gasteiger partial charge in [-0.3, -0.25) is 4.79 Å². The maximum atomic E-state index is 12.5. The van der Waals surface area contributed by atoms with E-state index in [1.165, 1.54) is 4.90 Å². The molecule has 0 aliphatic carbocycles. The topological polar surface area (TPSA) is 103 Å². The molecule has 3 aromatic carbocycles. The van der Waals surface area contributed by atoms with Crippen molar-refractivity contribution >= 4 is 18.2 Å². The fourth-order valence-corrected chi connectivity index (χ4v) is 3.55. The monoisotopic (exact) mass is 459 g/mol. The Balaban J connectivity index is 1.70. The van der Waals surface area contributed by atoms with Crippen molar-refractivity contribution in [3.05, 3.63) is 108 Å². The Morgan fingerprint density at radius 3 is 1.97 bits per heavy atom. The van der Waals surface area contributed by atoms with Crippen molar-refractivity contribution in [1.29, 1.82) is 5.41 Å². The van der Waals surface area contributed by atoms with Crippen LogP contribution in [0.3, 0.4) is 0 Å². The van der Waals surface area contributed by atoms with E-state index in [2.05, 4.69) is 5.32 Å². The molecule has 2 amide bonds. The number of ether oxygens (including phenoxy) is 1. The molecular formula is C27H29N3O4. The summed E-state index contributed by atoms with van der Waals surface area (Å²) >= 11 is 0. The molecule has 34 heavy (non-hydrogen) atoms. The van der Waals surface area contributed by atoms with Gasteiger partial charge in [0.2, 0.25) is 0 Å². The van der Waals surface area contributed by atoms with E-state index < -0.39 is 24.1 Å². The highest BCUT2D eigenvalue weighted by Crippen LogP contribution is 2.11. The lowest BCUT2D eigenvalue weighted by molar-refractivity contribution is -0.126. The standard InChI is InChI=1S/C27H29N3O4/c28-17-26(32)30(18-22-12-6-2-7-13-22)19-25(31)24(16-21-10-4-1-5-11-21)29-27(33)34-20-23-14-8-3-9-15-23/h1-15,17,24-25,28,31H,16,18-20H2,(H,29,33). The molecule has 7 nitrogen and oxygen atoms in total. The van der Waals surface area contributed by atoms with E-state index in [9.17, 15) is 14.7 Å². The summed E-state index contributed by atoms with van der Waals surface area (Å²) in [7, 11) is 0. The maximum Gasteiger partial charge on any atom is 0.407 e. The highest BCUT2D eigenvalue weighted by molar-refractivity contribution is 6.24. The lowest BCUT2D eigenvalue weighted by Crippen LogP contribution is -2.50. The number of alkyl carbamates (subject to hydrolysis) is 1. The molecule has 2 atom stereocenters. The predicted octanol–water partition coefficient (Wildman–Crippen LogP) is 3.56. The minimum Gasteiger partial charge on any atom is -0.445 e. The average molecular weight is 460 g/mol. The number of hydrogen-bond acceptors (Lipinski definition) is 5.